The molecule has 0 spiro atoms. The van der Waals surface area contributed by atoms with Crippen molar-refractivity contribution < 1.29 is 14.3 Å². The zero-order valence-electron chi connectivity index (χ0n) is 16.9. The molecule has 0 aromatic heterocycles. The largest absolute Gasteiger partial charge is 0.497 e. The van der Waals surface area contributed by atoms with Crippen molar-refractivity contribution in [2.75, 3.05) is 46.4 Å². The lowest BCUT2D eigenvalue weighted by Gasteiger charge is -2.34. The number of nitrogens with one attached hydrogen (secondary N) is 1. The van der Waals surface area contributed by atoms with Gasteiger partial charge in [-0.25, -0.2) is 4.79 Å². The van der Waals surface area contributed by atoms with Crippen molar-refractivity contribution in [2.45, 2.75) is 33.2 Å². The molecule has 27 heavy (non-hydrogen) atoms. The summed E-state index contributed by atoms with van der Waals surface area (Å²) in [6.45, 7) is 10.4. The number of piperidine rings is 1. The zero-order valence-corrected chi connectivity index (χ0v) is 16.9. The molecule has 3 rings (SSSR count). The number of urea groups is 1. The van der Waals surface area contributed by atoms with Crippen LogP contribution in [-0.4, -0.2) is 62.3 Å². The Bertz CT molecular complexity index is 635. The van der Waals surface area contributed by atoms with E-state index in [4.69, 9.17) is 9.47 Å². The van der Waals surface area contributed by atoms with Crippen LogP contribution >= 0.6 is 0 Å². The van der Waals surface area contributed by atoms with Crippen LogP contribution in [0.5, 0.6) is 11.5 Å². The summed E-state index contributed by atoms with van der Waals surface area (Å²) in [7, 11) is 1.64. The maximum absolute atomic E-state index is 12.7. The monoisotopic (exact) mass is 375 g/mol. The smallest absolute Gasteiger partial charge is 0.317 e. The number of amides is 2. The highest BCUT2D eigenvalue weighted by Gasteiger charge is 2.23. The van der Waals surface area contributed by atoms with Gasteiger partial charge in [-0.15, -0.1) is 0 Å². The highest BCUT2D eigenvalue weighted by molar-refractivity contribution is 5.74. The van der Waals surface area contributed by atoms with Crippen molar-refractivity contribution in [3.05, 3.63) is 23.8 Å². The second-order valence-corrected chi connectivity index (χ2v) is 8.09. The normalized spacial score (nSPS) is 20.6. The van der Waals surface area contributed by atoms with Gasteiger partial charge >= 0.3 is 6.03 Å². The van der Waals surface area contributed by atoms with Gasteiger partial charge in [0.15, 0.2) is 0 Å². The van der Waals surface area contributed by atoms with Crippen molar-refractivity contribution in [1.29, 1.82) is 0 Å². The van der Waals surface area contributed by atoms with Crippen molar-refractivity contribution in [2.24, 2.45) is 11.8 Å². The summed E-state index contributed by atoms with van der Waals surface area (Å²) in [4.78, 5) is 17.1. The molecule has 2 amide bonds. The lowest BCUT2D eigenvalue weighted by atomic mass is 9.97. The van der Waals surface area contributed by atoms with E-state index in [0.29, 0.717) is 31.5 Å². The first-order valence-corrected chi connectivity index (χ1v) is 10.1. The van der Waals surface area contributed by atoms with Crippen LogP contribution in [0.25, 0.3) is 0 Å². The highest BCUT2D eigenvalue weighted by Crippen LogP contribution is 2.28. The van der Waals surface area contributed by atoms with Gasteiger partial charge < -0.3 is 24.6 Å². The van der Waals surface area contributed by atoms with E-state index in [-0.39, 0.29) is 6.03 Å². The summed E-state index contributed by atoms with van der Waals surface area (Å²) < 4.78 is 11.1. The van der Waals surface area contributed by atoms with Gasteiger partial charge in [0, 0.05) is 31.3 Å². The minimum absolute atomic E-state index is 0.00301. The standard InChI is InChI=1S/C21H33N3O3/c1-16(2)13-23-8-4-5-17(14-23)12-22-21(25)24-9-10-27-20-11-19(26-3)7-6-18(20)15-24/h6-7,11,16-17H,4-5,8-10,12-15H2,1-3H3,(H,22,25). The van der Waals surface area contributed by atoms with Gasteiger partial charge in [-0.2, -0.15) is 0 Å². The van der Waals surface area contributed by atoms with E-state index in [9.17, 15) is 4.79 Å². The second-order valence-electron chi connectivity index (χ2n) is 8.09. The van der Waals surface area contributed by atoms with Crippen LogP contribution in [0.2, 0.25) is 0 Å². The van der Waals surface area contributed by atoms with Crippen molar-refractivity contribution >= 4 is 6.03 Å². The van der Waals surface area contributed by atoms with E-state index in [2.05, 4.69) is 24.1 Å². The van der Waals surface area contributed by atoms with Crippen LogP contribution < -0.4 is 14.8 Å². The fourth-order valence-corrected chi connectivity index (χ4v) is 3.99. The number of carbonyl (C=O) groups is 1. The van der Waals surface area contributed by atoms with Crippen LogP contribution in [0.1, 0.15) is 32.3 Å². The van der Waals surface area contributed by atoms with Gasteiger partial charge in [-0.05, 0) is 43.4 Å². The van der Waals surface area contributed by atoms with Gasteiger partial charge in [0.05, 0.1) is 20.2 Å². The summed E-state index contributed by atoms with van der Waals surface area (Å²) in [5.41, 5.74) is 1.02. The maximum Gasteiger partial charge on any atom is 0.317 e. The highest BCUT2D eigenvalue weighted by atomic mass is 16.5. The number of carbonyl (C=O) groups excluding carboxylic acids is 1. The predicted molar refractivity (Wildman–Crippen MR) is 106 cm³/mol. The Hall–Kier alpha value is -1.95. The molecule has 6 heteroatoms. The molecule has 2 aliphatic rings. The number of likely N-dealkylation sites (tertiary alicyclic amines) is 1. The Kier molecular flexibility index (Phi) is 6.83. The van der Waals surface area contributed by atoms with Gasteiger partial charge in [0.25, 0.3) is 0 Å². The van der Waals surface area contributed by atoms with Crippen LogP contribution in [0.4, 0.5) is 4.79 Å². The third-order valence-corrected chi connectivity index (χ3v) is 5.31. The van der Waals surface area contributed by atoms with Gasteiger partial charge in [-0.1, -0.05) is 13.8 Å². The van der Waals surface area contributed by atoms with Gasteiger partial charge in [0.2, 0.25) is 0 Å². The summed E-state index contributed by atoms with van der Waals surface area (Å²) in [6.07, 6.45) is 2.42. The molecule has 1 saturated heterocycles. The molecule has 0 saturated carbocycles. The van der Waals surface area contributed by atoms with Crippen LogP contribution in [0.15, 0.2) is 18.2 Å². The number of ether oxygens (including phenoxy) is 2. The molecule has 1 aromatic carbocycles. The topological polar surface area (TPSA) is 54.0 Å². The number of hydrogen-bond acceptors (Lipinski definition) is 4. The number of fused-ring (bicyclic) bond motifs is 1. The summed E-state index contributed by atoms with van der Waals surface area (Å²) >= 11 is 0. The first-order valence-electron chi connectivity index (χ1n) is 10.1. The van der Waals surface area contributed by atoms with E-state index in [1.54, 1.807) is 7.11 Å². The fraction of sp³-hybridized carbons (Fsp3) is 0.667. The van der Waals surface area contributed by atoms with Gasteiger partial charge in [0.1, 0.15) is 18.1 Å². The van der Waals surface area contributed by atoms with Crippen molar-refractivity contribution in [1.82, 2.24) is 15.1 Å². The Balaban J connectivity index is 1.51. The molecule has 0 bridgehead atoms. The molecule has 1 N–H and O–H groups in total. The molecule has 2 aliphatic heterocycles. The molecule has 1 fully saturated rings. The molecule has 2 heterocycles. The number of rotatable bonds is 5. The molecule has 1 atom stereocenters. The molecule has 150 valence electrons. The Morgan fingerprint density at radius 3 is 3.00 bits per heavy atom. The van der Waals surface area contributed by atoms with Gasteiger partial charge in [-0.3, -0.25) is 0 Å². The van der Waals surface area contributed by atoms with Crippen LogP contribution in [0, 0.1) is 11.8 Å². The van der Waals surface area contributed by atoms with Crippen molar-refractivity contribution in [3.63, 3.8) is 0 Å². The fourth-order valence-electron chi connectivity index (χ4n) is 3.99. The first kappa shape index (κ1) is 19.8. The van der Waals surface area contributed by atoms with E-state index in [1.807, 2.05) is 23.1 Å². The minimum Gasteiger partial charge on any atom is -0.497 e. The van der Waals surface area contributed by atoms with Crippen LogP contribution in [0.3, 0.4) is 0 Å². The average Bonchev–Trinajstić information content (AvgIpc) is 2.87. The van der Waals surface area contributed by atoms with E-state index in [1.165, 1.54) is 19.4 Å². The number of benzene rings is 1. The lowest BCUT2D eigenvalue weighted by molar-refractivity contribution is 0.151. The van der Waals surface area contributed by atoms with E-state index < -0.39 is 0 Å². The third-order valence-electron chi connectivity index (χ3n) is 5.31. The SMILES string of the molecule is COc1ccc2c(c1)OCCN(C(=O)NCC1CCCN(CC(C)C)C1)C2. The molecule has 0 aliphatic carbocycles. The number of methoxy groups -OCH3 is 1. The summed E-state index contributed by atoms with van der Waals surface area (Å²) in [5, 5.41) is 3.16. The summed E-state index contributed by atoms with van der Waals surface area (Å²) in [6, 6.07) is 5.78. The van der Waals surface area contributed by atoms with Crippen molar-refractivity contribution in [3.8, 4) is 11.5 Å². The Morgan fingerprint density at radius 1 is 1.37 bits per heavy atom. The van der Waals surface area contributed by atoms with Crippen LogP contribution in [-0.2, 0) is 6.54 Å². The zero-order chi connectivity index (χ0) is 19.2. The third kappa shape index (κ3) is 5.51. The lowest BCUT2D eigenvalue weighted by Crippen LogP contribution is -2.46. The molecular weight excluding hydrogens is 342 g/mol. The Labute approximate surface area is 162 Å². The van der Waals surface area contributed by atoms with E-state index >= 15 is 0 Å². The summed E-state index contributed by atoms with van der Waals surface area (Å²) in [5.74, 6) is 2.81. The number of nitrogens with zero attached hydrogens (tertiary/aromatic N) is 2. The molecule has 6 nitrogen and oxygen atoms in total. The minimum atomic E-state index is 0.00301. The predicted octanol–water partition coefficient (Wildman–Crippen LogP) is 2.97. The molecule has 1 aromatic rings. The second kappa shape index (κ2) is 9.31. The average molecular weight is 376 g/mol. The number of hydrogen-bond donors (Lipinski definition) is 1. The quantitative estimate of drug-likeness (QED) is 0.860. The molecule has 1 unspecified atom stereocenters. The maximum atomic E-state index is 12.7. The Morgan fingerprint density at radius 2 is 2.22 bits per heavy atom. The first-order chi connectivity index (χ1) is 13.0. The van der Waals surface area contributed by atoms with E-state index in [0.717, 1.165) is 36.7 Å². The molecule has 0 radical (unpaired) electrons. The molecular formula is C21H33N3O3.